The van der Waals surface area contributed by atoms with E-state index in [2.05, 4.69) is 16.0 Å². The lowest BCUT2D eigenvalue weighted by Gasteiger charge is -2.29. The van der Waals surface area contributed by atoms with Gasteiger partial charge in [-0.2, -0.15) is 0 Å². The predicted molar refractivity (Wildman–Crippen MR) is 145 cm³/mol. The Labute approximate surface area is 223 Å². The topological polar surface area (TPSA) is 163 Å². The van der Waals surface area contributed by atoms with Crippen LogP contribution in [0.5, 0.6) is 17.2 Å². The summed E-state index contributed by atoms with van der Waals surface area (Å²) in [5.74, 6) is -2.32. The van der Waals surface area contributed by atoms with Crippen LogP contribution in [0.2, 0.25) is 0 Å². The van der Waals surface area contributed by atoms with Crippen LogP contribution in [0.1, 0.15) is 67.9 Å². The third-order valence-electron chi connectivity index (χ3n) is 7.20. The van der Waals surface area contributed by atoms with Crippen molar-refractivity contribution in [2.24, 2.45) is 5.73 Å². The van der Waals surface area contributed by atoms with Gasteiger partial charge in [0.1, 0.15) is 34.0 Å². The smallest absolute Gasteiger partial charge is 0.194 e. The molecule has 38 heavy (non-hydrogen) atoms. The largest absolute Gasteiger partial charge is 0.507 e. The van der Waals surface area contributed by atoms with Crippen molar-refractivity contribution in [3.05, 3.63) is 39.8 Å². The number of hydrogen-bond donors (Lipinski definition) is 6. The number of benzene rings is 1. The van der Waals surface area contributed by atoms with Gasteiger partial charge in [-0.05, 0) is 86.1 Å². The zero-order chi connectivity index (χ0) is 28.0. The molecule has 0 saturated carbocycles. The maximum atomic E-state index is 13.8. The van der Waals surface area contributed by atoms with Gasteiger partial charge in [0.25, 0.3) is 0 Å². The van der Waals surface area contributed by atoms with Gasteiger partial charge in [-0.1, -0.05) is 0 Å². The van der Waals surface area contributed by atoms with E-state index < -0.39 is 28.5 Å². The lowest BCUT2D eigenvalue weighted by Crippen LogP contribution is -2.41. The standard InChI is InChI=1S/C28H40N4O6/c1-16-24(35)22(18(3)33)26-23(25(16)36)28(4)20(38-26)15-19(34)21(27(28)37)17(2)32-14-8-13-31-11-6-5-10-30-12-7-9-29/h15,30-32,35-36H,5-14,29H2,1-4H3/b21-17+/t28-/m0/s1. The molecule has 1 aromatic rings. The molecule has 10 heteroatoms. The van der Waals surface area contributed by atoms with Crippen molar-refractivity contribution in [1.29, 1.82) is 0 Å². The number of allylic oxidation sites excluding steroid dienone is 4. The van der Waals surface area contributed by atoms with E-state index in [0.717, 1.165) is 51.9 Å². The molecule has 0 spiro atoms. The number of ketones is 3. The highest BCUT2D eigenvalue weighted by atomic mass is 16.5. The summed E-state index contributed by atoms with van der Waals surface area (Å²) in [5, 5.41) is 31.3. The molecule has 0 amide bonds. The highest BCUT2D eigenvalue weighted by Crippen LogP contribution is 2.57. The lowest BCUT2D eigenvalue weighted by atomic mass is 9.70. The van der Waals surface area contributed by atoms with Gasteiger partial charge < -0.3 is 36.6 Å². The van der Waals surface area contributed by atoms with Crippen LogP contribution < -0.4 is 26.4 Å². The van der Waals surface area contributed by atoms with E-state index in [1.807, 2.05) is 0 Å². The second-order valence-electron chi connectivity index (χ2n) is 10.0. The Morgan fingerprint density at radius 2 is 1.58 bits per heavy atom. The summed E-state index contributed by atoms with van der Waals surface area (Å²) < 4.78 is 5.79. The molecule has 208 valence electrons. The molecule has 0 aromatic heterocycles. The molecule has 0 bridgehead atoms. The van der Waals surface area contributed by atoms with Gasteiger partial charge in [-0.3, -0.25) is 14.4 Å². The number of unbranched alkanes of at least 4 members (excludes halogenated alkanes) is 1. The lowest BCUT2D eigenvalue weighted by molar-refractivity contribution is -0.123. The molecular formula is C28H40N4O6. The van der Waals surface area contributed by atoms with Crippen LogP contribution in [0.3, 0.4) is 0 Å². The summed E-state index contributed by atoms with van der Waals surface area (Å²) in [7, 11) is 0. The number of carbonyl (C=O) groups is 3. The molecule has 7 N–H and O–H groups in total. The summed E-state index contributed by atoms with van der Waals surface area (Å²) in [6, 6.07) is 0. The minimum absolute atomic E-state index is 0.0164. The Morgan fingerprint density at radius 1 is 0.974 bits per heavy atom. The molecule has 0 unspecified atom stereocenters. The number of phenols is 2. The van der Waals surface area contributed by atoms with Crippen LogP contribution >= 0.6 is 0 Å². The molecule has 3 rings (SSSR count). The fourth-order valence-electron chi connectivity index (χ4n) is 4.92. The number of carbonyl (C=O) groups excluding carboxylic acids is 3. The third-order valence-corrected chi connectivity index (χ3v) is 7.20. The number of phenolic OH excluding ortho intramolecular Hbond substituents is 2. The summed E-state index contributed by atoms with van der Waals surface area (Å²) in [5.41, 5.74) is 4.42. The number of rotatable bonds is 14. The second kappa shape index (κ2) is 12.6. The maximum absolute atomic E-state index is 13.8. The van der Waals surface area contributed by atoms with E-state index in [1.54, 1.807) is 13.8 Å². The Hall–Kier alpha value is -3.21. The van der Waals surface area contributed by atoms with Crippen molar-refractivity contribution in [1.82, 2.24) is 16.0 Å². The molecule has 1 aliphatic heterocycles. The molecule has 1 aliphatic carbocycles. The van der Waals surface area contributed by atoms with E-state index in [-0.39, 0.29) is 39.5 Å². The number of nitrogens with two attached hydrogens (primary N) is 1. The van der Waals surface area contributed by atoms with E-state index in [4.69, 9.17) is 10.5 Å². The second-order valence-corrected chi connectivity index (χ2v) is 10.0. The Morgan fingerprint density at radius 3 is 2.18 bits per heavy atom. The van der Waals surface area contributed by atoms with Gasteiger partial charge in [-0.15, -0.1) is 0 Å². The van der Waals surface area contributed by atoms with Crippen LogP contribution in [0.25, 0.3) is 0 Å². The molecule has 1 aromatic carbocycles. The van der Waals surface area contributed by atoms with Crippen molar-refractivity contribution in [3.63, 3.8) is 0 Å². The van der Waals surface area contributed by atoms with Gasteiger partial charge in [0.05, 0.1) is 11.1 Å². The first kappa shape index (κ1) is 29.3. The molecule has 1 heterocycles. The van der Waals surface area contributed by atoms with Crippen molar-refractivity contribution >= 4 is 17.3 Å². The number of fused-ring (bicyclic) bond motifs is 3. The molecule has 0 radical (unpaired) electrons. The van der Waals surface area contributed by atoms with Crippen molar-refractivity contribution in [3.8, 4) is 17.2 Å². The van der Waals surface area contributed by atoms with Crippen LogP contribution in [0.4, 0.5) is 0 Å². The zero-order valence-corrected chi connectivity index (χ0v) is 22.8. The SMILES string of the molecule is CC(=O)c1c(O)c(C)c(O)c2c1OC1=CC(=O)/C(=C(/C)NCCCNCCCCNCCCN)C(=O)[C@@]12C. The Balaban J connectivity index is 1.65. The molecule has 0 saturated heterocycles. The molecular weight excluding hydrogens is 488 g/mol. The van der Waals surface area contributed by atoms with Crippen LogP contribution in [0.15, 0.2) is 23.1 Å². The van der Waals surface area contributed by atoms with Crippen LogP contribution in [-0.2, 0) is 15.0 Å². The number of aromatic hydroxyl groups is 2. The van der Waals surface area contributed by atoms with Crippen LogP contribution in [0, 0.1) is 6.92 Å². The quantitative estimate of drug-likeness (QED) is 0.0909. The molecule has 1 atom stereocenters. The van der Waals surface area contributed by atoms with E-state index >= 15 is 0 Å². The first-order valence-corrected chi connectivity index (χ1v) is 13.2. The first-order valence-electron chi connectivity index (χ1n) is 13.2. The Kier molecular flexibility index (Phi) is 9.70. The molecule has 10 nitrogen and oxygen atoms in total. The predicted octanol–water partition coefficient (Wildman–Crippen LogP) is 1.86. The van der Waals surface area contributed by atoms with Gasteiger partial charge in [0.15, 0.2) is 17.3 Å². The zero-order valence-electron chi connectivity index (χ0n) is 22.8. The normalized spacial score (nSPS) is 19.6. The fraction of sp³-hybridized carbons (Fsp3) is 0.536. The Bertz CT molecular complexity index is 1170. The molecule has 2 aliphatic rings. The number of ether oxygens (including phenoxy) is 1. The van der Waals surface area contributed by atoms with Crippen molar-refractivity contribution in [2.75, 3.05) is 39.3 Å². The number of nitrogens with one attached hydrogen (secondary N) is 3. The van der Waals surface area contributed by atoms with E-state index in [9.17, 15) is 24.6 Å². The van der Waals surface area contributed by atoms with Gasteiger partial charge >= 0.3 is 0 Å². The number of Topliss-reactive ketones (excluding diaryl/α,β-unsaturated/α-hetero) is 2. The maximum Gasteiger partial charge on any atom is 0.194 e. The van der Waals surface area contributed by atoms with Crippen LogP contribution in [-0.4, -0.2) is 66.8 Å². The summed E-state index contributed by atoms with van der Waals surface area (Å²) in [6.07, 6.45) is 5.18. The van der Waals surface area contributed by atoms with Crippen molar-refractivity contribution in [2.45, 2.75) is 58.8 Å². The fourth-order valence-corrected chi connectivity index (χ4v) is 4.92. The van der Waals surface area contributed by atoms with E-state index in [0.29, 0.717) is 18.8 Å². The van der Waals surface area contributed by atoms with Crippen molar-refractivity contribution < 1.29 is 29.3 Å². The summed E-state index contributed by atoms with van der Waals surface area (Å²) >= 11 is 0. The minimum atomic E-state index is -1.50. The molecule has 0 fully saturated rings. The van der Waals surface area contributed by atoms with E-state index in [1.165, 1.54) is 19.9 Å². The number of hydrogen-bond acceptors (Lipinski definition) is 10. The van der Waals surface area contributed by atoms with Gasteiger partial charge in [0.2, 0.25) is 0 Å². The monoisotopic (exact) mass is 528 g/mol. The first-order chi connectivity index (χ1) is 18.1. The highest BCUT2D eigenvalue weighted by molar-refractivity contribution is 6.31. The average Bonchev–Trinajstić information content (AvgIpc) is 3.16. The average molecular weight is 529 g/mol. The third kappa shape index (κ3) is 5.62. The van der Waals surface area contributed by atoms with Gasteiger partial charge in [0, 0.05) is 23.9 Å². The summed E-state index contributed by atoms with van der Waals surface area (Å²) in [6.45, 7) is 10.9. The highest BCUT2D eigenvalue weighted by Gasteiger charge is 2.56. The summed E-state index contributed by atoms with van der Waals surface area (Å²) in [4.78, 5) is 39.0. The minimum Gasteiger partial charge on any atom is -0.507 e. The van der Waals surface area contributed by atoms with Gasteiger partial charge in [-0.25, -0.2) is 0 Å².